The van der Waals surface area contributed by atoms with Crippen LogP contribution in [0.25, 0.3) is 0 Å². The smallest absolute Gasteiger partial charge is 0.303 e. The molecule has 0 spiro atoms. The number of rotatable bonds is 6. The minimum Gasteiger partial charge on any atom is -0.481 e. The highest BCUT2D eigenvalue weighted by Crippen LogP contribution is 2.04. The number of aromatic amines is 1. The van der Waals surface area contributed by atoms with Crippen molar-refractivity contribution in [3.05, 3.63) is 17.7 Å². The first-order chi connectivity index (χ1) is 6.72. The lowest BCUT2D eigenvalue weighted by Crippen LogP contribution is -1.97. The number of carboxylic acids is 1. The van der Waals surface area contributed by atoms with E-state index in [9.17, 15) is 4.79 Å². The summed E-state index contributed by atoms with van der Waals surface area (Å²) in [6, 6.07) is 0. The molecule has 78 valence electrons. The van der Waals surface area contributed by atoms with E-state index in [1.807, 2.05) is 6.20 Å². The summed E-state index contributed by atoms with van der Waals surface area (Å²) in [5.41, 5.74) is 1.14. The van der Waals surface area contributed by atoms with Gasteiger partial charge in [0.2, 0.25) is 0 Å². The van der Waals surface area contributed by atoms with Crippen LogP contribution >= 0.6 is 0 Å². The Morgan fingerprint density at radius 1 is 1.57 bits per heavy atom. The van der Waals surface area contributed by atoms with Crippen LogP contribution in [0.3, 0.4) is 0 Å². The minimum atomic E-state index is -0.745. The van der Waals surface area contributed by atoms with Crippen molar-refractivity contribution in [3.8, 4) is 0 Å². The topological polar surface area (TPSA) is 66.0 Å². The molecule has 1 aromatic heterocycles. The van der Waals surface area contributed by atoms with E-state index < -0.39 is 5.97 Å². The van der Waals surface area contributed by atoms with Crippen molar-refractivity contribution in [2.45, 2.75) is 39.0 Å². The fraction of sp³-hybridized carbons (Fsp3) is 0.600. The number of aliphatic carboxylic acids is 1. The monoisotopic (exact) mass is 196 g/mol. The summed E-state index contributed by atoms with van der Waals surface area (Å²) in [5, 5.41) is 8.45. The van der Waals surface area contributed by atoms with Gasteiger partial charge in [0.25, 0.3) is 0 Å². The van der Waals surface area contributed by atoms with Gasteiger partial charge in [-0.05, 0) is 12.8 Å². The summed E-state index contributed by atoms with van der Waals surface area (Å²) in [5.74, 6) is 0.153. The molecule has 0 aliphatic heterocycles. The molecule has 0 atom stereocenters. The van der Waals surface area contributed by atoms with Gasteiger partial charge in [0.05, 0.1) is 0 Å². The highest BCUT2D eigenvalue weighted by atomic mass is 16.4. The van der Waals surface area contributed by atoms with Crippen molar-refractivity contribution in [2.24, 2.45) is 0 Å². The Morgan fingerprint density at radius 2 is 2.36 bits per heavy atom. The van der Waals surface area contributed by atoms with Crippen LogP contribution in [0, 0.1) is 0 Å². The molecule has 14 heavy (non-hydrogen) atoms. The average Bonchev–Trinajstić information content (AvgIpc) is 2.53. The van der Waals surface area contributed by atoms with Crippen LogP contribution in [0.2, 0.25) is 0 Å². The van der Waals surface area contributed by atoms with Crippen LogP contribution in [0.1, 0.15) is 37.7 Å². The van der Waals surface area contributed by atoms with Crippen molar-refractivity contribution in [1.82, 2.24) is 9.97 Å². The Balaban J connectivity index is 2.32. The number of imidazole rings is 1. The molecular weight excluding hydrogens is 180 g/mol. The first-order valence-corrected chi connectivity index (χ1v) is 4.97. The summed E-state index contributed by atoms with van der Waals surface area (Å²) in [7, 11) is 0. The van der Waals surface area contributed by atoms with Gasteiger partial charge in [-0.2, -0.15) is 0 Å². The molecule has 1 heterocycles. The highest BCUT2D eigenvalue weighted by Gasteiger charge is 2.01. The Hall–Kier alpha value is -1.32. The Kier molecular flexibility index (Phi) is 4.16. The normalized spacial score (nSPS) is 10.4. The Bertz CT molecular complexity index is 294. The third-order valence-corrected chi connectivity index (χ3v) is 2.00. The molecule has 0 saturated carbocycles. The zero-order valence-electron chi connectivity index (χ0n) is 8.42. The Labute approximate surface area is 83.4 Å². The predicted octanol–water partition coefficient (Wildman–Crippen LogP) is 1.77. The van der Waals surface area contributed by atoms with Gasteiger partial charge in [0, 0.05) is 24.7 Å². The largest absolute Gasteiger partial charge is 0.481 e. The van der Waals surface area contributed by atoms with Crippen LogP contribution in [-0.4, -0.2) is 21.0 Å². The van der Waals surface area contributed by atoms with E-state index in [4.69, 9.17) is 5.11 Å². The lowest BCUT2D eigenvalue weighted by Gasteiger charge is -1.94. The van der Waals surface area contributed by atoms with Crippen LogP contribution in [0.15, 0.2) is 6.20 Å². The fourth-order valence-electron chi connectivity index (χ4n) is 1.34. The van der Waals surface area contributed by atoms with Crippen LogP contribution in [-0.2, 0) is 17.6 Å². The van der Waals surface area contributed by atoms with E-state index in [0.717, 1.165) is 30.8 Å². The SMILES string of the molecule is CCCc1cnc(CCCC(=O)O)[nH]1. The van der Waals surface area contributed by atoms with Crippen molar-refractivity contribution in [3.63, 3.8) is 0 Å². The van der Waals surface area contributed by atoms with Gasteiger partial charge < -0.3 is 10.1 Å². The van der Waals surface area contributed by atoms with E-state index in [2.05, 4.69) is 16.9 Å². The molecule has 0 radical (unpaired) electrons. The number of nitrogens with one attached hydrogen (secondary N) is 1. The van der Waals surface area contributed by atoms with Crippen molar-refractivity contribution in [2.75, 3.05) is 0 Å². The zero-order valence-corrected chi connectivity index (χ0v) is 8.42. The van der Waals surface area contributed by atoms with E-state index >= 15 is 0 Å². The first kappa shape index (κ1) is 10.8. The van der Waals surface area contributed by atoms with Crippen molar-refractivity contribution < 1.29 is 9.90 Å². The quantitative estimate of drug-likeness (QED) is 0.728. The number of nitrogens with zero attached hydrogens (tertiary/aromatic N) is 1. The van der Waals surface area contributed by atoms with Crippen LogP contribution in [0.4, 0.5) is 0 Å². The molecule has 0 unspecified atom stereocenters. The molecule has 0 amide bonds. The lowest BCUT2D eigenvalue weighted by atomic mass is 10.2. The third-order valence-electron chi connectivity index (χ3n) is 2.00. The zero-order chi connectivity index (χ0) is 10.4. The molecule has 0 aliphatic rings. The summed E-state index contributed by atoms with van der Waals surface area (Å²) < 4.78 is 0. The number of carbonyl (C=O) groups is 1. The standard InChI is InChI=1S/C10H16N2O2/c1-2-4-8-7-11-9(12-8)5-3-6-10(13)14/h7H,2-6H2,1H3,(H,11,12)(H,13,14). The van der Waals surface area contributed by atoms with Crippen molar-refractivity contribution in [1.29, 1.82) is 0 Å². The maximum absolute atomic E-state index is 10.3. The van der Waals surface area contributed by atoms with Gasteiger partial charge in [-0.25, -0.2) is 4.98 Å². The molecular formula is C10H16N2O2. The van der Waals surface area contributed by atoms with Gasteiger partial charge in [-0.15, -0.1) is 0 Å². The fourth-order valence-corrected chi connectivity index (χ4v) is 1.34. The molecule has 0 fully saturated rings. The Morgan fingerprint density at radius 3 is 3.00 bits per heavy atom. The van der Waals surface area contributed by atoms with E-state index in [1.165, 1.54) is 0 Å². The summed E-state index contributed by atoms with van der Waals surface area (Å²) in [4.78, 5) is 17.6. The van der Waals surface area contributed by atoms with Gasteiger partial charge >= 0.3 is 5.97 Å². The van der Waals surface area contributed by atoms with Gasteiger partial charge in [-0.3, -0.25) is 4.79 Å². The first-order valence-electron chi connectivity index (χ1n) is 4.97. The number of aryl methyl sites for hydroxylation is 2. The molecule has 0 bridgehead atoms. The number of hydrogen-bond donors (Lipinski definition) is 2. The number of hydrogen-bond acceptors (Lipinski definition) is 2. The van der Waals surface area contributed by atoms with Crippen molar-refractivity contribution >= 4 is 5.97 Å². The summed E-state index contributed by atoms with van der Waals surface area (Å²) in [6.45, 7) is 2.12. The van der Waals surface area contributed by atoms with Crippen LogP contribution < -0.4 is 0 Å². The maximum atomic E-state index is 10.3. The molecule has 0 aliphatic carbocycles. The van der Waals surface area contributed by atoms with Gasteiger partial charge in [-0.1, -0.05) is 13.3 Å². The predicted molar refractivity (Wildman–Crippen MR) is 53.2 cm³/mol. The highest BCUT2D eigenvalue weighted by molar-refractivity contribution is 5.66. The number of aromatic nitrogens is 2. The third kappa shape index (κ3) is 3.60. The lowest BCUT2D eigenvalue weighted by molar-refractivity contribution is -0.137. The number of H-pyrrole nitrogens is 1. The molecule has 0 saturated heterocycles. The van der Waals surface area contributed by atoms with E-state index in [0.29, 0.717) is 6.42 Å². The van der Waals surface area contributed by atoms with E-state index in [1.54, 1.807) is 0 Å². The van der Waals surface area contributed by atoms with Gasteiger partial charge in [0.1, 0.15) is 5.82 Å². The van der Waals surface area contributed by atoms with Crippen LogP contribution in [0.5, 0.6) is 0 Å². The molecule has 1 rings (SSSR count). The molecule has 2 N–H and O–H groups in total. The second-order valence-corrected chi connectivity index (χ2v) is 3.35. The molecule has 1 aromatic rings. The number of carboxylic acid groups (broad SMARTS) is 1. The molecule has 4 nitrogen and oxygen atoms in total. The second kappa shape index (κ2) is 5.42. The molecule has 0 aromatic carbocycles. The summed E-state index contributed by atoms with van der Waals surface area (Å²) >= 11 is 0. The average molecular weight is 196 g/mol. The van der Waals surface area contributed by atoms with Gasteiger partial charge in [0.15, 0.2) is 0 Å². The molecule has 4 heteroatoms. The minimum absolute atomic E-state index is 0.212. The second-order valence-electron chi connectivity index (χ2n) is 3.35. The van der Waals surface area contributed by atoms with E-state index in [-0.39, 0.29) is 6.42 Å². The maximum Gasteiger partial charge on any atom is 0.303 e. The summed E-state index contributed by atoms with van der Waals surface area (Å²) in [6.07, 6.45) is 5.51.